The summed E-state index contributed by atoms with van der Waals surface area (Å²) in [5, 5.41) is 8.53. The van der Waals surface area contributed by atoms with Crippen LogP contribution in [0.3, 0.4) is 0 Å². The van der Waals surface area contributed by atoms with E-state index in [1.54, 1.807) is 6.92 Å². The lowest BCUT2D eigenvalue weighted by atomic mass is 10.1. The zero-order valence-electron chi connectivity index (χ0n) is 7.03. The Balaban J connectivity index is 2.85. The van der Waals surface area contributed by atoms with Crippen LogP contribution in [0.5, 0.6) is 0 Å². The molecule has 1 heterocycles. The van der Waals surface area contributed by atoms with E-state index >= 15 is 0 Å². The van der Waals surface area contributed by atoms with Gasteiger partial charge >= 0.3 is 5.97 Å². The van der Waals surface area contributed by atoms with Gasteiger partial charge in [-0.1, -0.05) is 11.5 Å². The number of rotatable bonds is 3. The maximum Gasteiger partial charge on any atom is 0.320 e. The molecular formula is C7H10N2O3S. The molecule has 5 nitrogen and oxygen atoms in total. The number of aromatic nitrogens is 1. The monoisotopic (exact) mass is 202 g/mol. The summed E-state index contributed by atoms with van der Waals surface area (Å²) < 4.78 is 2.52. The summed E-state index contributed by atoms with van der Waals surface area (Å²) in [6.45, 7) is 1.76. The molecular weight excluding hydrogens is 192 g/mol. The Hall–Kier alpha value is -1.14. The number of hydrogen-bond donors (Lipinski definition) is 3. The third-order valence-corrected chi connectivity index (χ3v) is 2.58. The minimum atomic E-state index is -1.09. The summed E-state index contributed by atoms with van der Waals surface area (Å²) in [6, 6.07) is -1.01. The number of aromatic amines is 1. The molecule has 0 aliphatic rings. The topological polar surface area (TPSA) is 96.2 Å². The third kappa shape index (κ3) is 2.16. The van der Waals surface area contributed by atoms with Crippen molar-refractivity contribution in [1.29, 1.82) is 0 Å². The highest BCUT2D eigenvalue weighted by Gasteiger charge is 2.16. The summed E-state index contributed by atoms with van der Waals surface area (Å²) in [6.07, 6.45) is 0.0833. The van der Waals surface area contributed by atoms with E-state index in [1.807, 2.05) is 0 Å². The summed E-state index contributed by atoms with van der Waals surface area (Å²) in [4.78, 5) is 22.3. The average molecular weight is 202 g/mol. The largest absolute Gasteiger partial charge is 0.480 e. The molecule has 1 aromatic heterocycles. The highest BCUT2D eigenvalue weighted by molar-refractivity contribution is 7.05. The van der Waals surface area contributed by atoms with E-state index in [2.05, 4.69) is 4.37 Å². The lowest BCUT2D eigenvalue weighted by Gasteiger charge is -2.03. The van der Waals surface area contributed by atoms with Crippen molar-refractivity contribution in [3.8, 4) is 0 Å². The number of aliphatic carboxylic acids is 1. The lowest BCUT2D eigenvalue weighted by molar-refractivity contribution is -0.138. The van der Waals surface area contributed by atoms with Crippen molar-refractivity contribution in [2.24, 2.45) is 5.73 Å². The van der Waals surface area contributed by atoms with E-state index in [1.165, 1.54) is 11.5 Å². The number of nitrogens with one attached hydrogen (secondary N) is 1. The molecule has 6 heteroatoms. The van der Waals surface area contributed by atoms with E-state index < -0.39 is 12.0 Å². The fourth-order valence-electron chi connectivity index (χ4n) is 0.950. The first-order valence-corrected chi connectivity index (χ1v) is 4.49. The lowest BCUT2D eigenvalue weighted by Crippen LogP contribution is -2.33. The number of nitrogens with two attached hydrogens (primary N) is 1. The molecule has 0 aliphatic heterocycles. The molecule has 13 heavy (non-hydrogen) atoms. The Morgan fingerprint density at radius 3 is 2.77 bits per heavy atom. The highest BCUT2D eigenvalue weighted by Crippen LogP contribution is 2.08. The molecule has 0 aliphatic carbocycles. The van der Waals surface area contributed by atoms with Gasteiger partial charge in [-0.2, -0.15) is 0 Å². The van der Waals surface area contributed by atoms with Crippen molar-refractivity contribution in [2.75, 3.05) is 0 Å². The average Bonchev–Trinajstić information content (AvgIpc) is 2.35. The normalized spacial score (nSPS) is 12.8. The predicted octanol–water partition coefficient (Wildman–Crippen LogP) is -0.301. The van der Waals surface area contributed by atoms with Gasteiger partial charge in [-0.25, -0.2) is 0 Å². The van der Waals surface area contributed by atoms with Crippen LogP contribution in [0.25, 0.3) is 0 Å². The summed E-state index contributed by atoms with van der Waals surface area (Å²) in [5.74, 6) is -1.09. The zero-order valence-corrected chi connectivity index (χ0v) is 7.85. The second-order valence-corrected chi connectivity index (χ2v) is 3.74. The minimum absolute atomic E-state index is 0.0833. The quantitative estimate of drug-likeness (QED) is 0.627. The number of carboxylic acid groups (broad SMARTS) is 1. The van der Waals surface area contributed by atoms with Crippen LogP contribution in [-0.4, -0.2) is 21.5 Å². The van der Waals surface area contributed by atoms with Crippen LogP contribution in [0.4, 0.5) is 0 Å². The maximum absolute atomic E-state index is 11.1. The standard InChI is InChI=1S/C7H10N2O3S/c1-3-4(6(10)9-13-3)2-5(8)7(11)12/h5H,2,8H2,1H3,(H,9,10)(H,11,12)/t5-/m0/s1. The Morgan fingerprint density at radius 1 is 1.77 bits per heavy atom. The molecule has 0 amide bonds. The van der Waals surface area contributed by atoms with Gasteiger partial charge in [-0.3, -0.25) is 14.0 Å². The second-order valence-electron chi connectivity index (χ2n) is 2.72. The van der Waals surface area contributed by atoms with Gasteiger partial charge in [0.15, 0.2) is 0 Å². The van der Waals surface area contributed by atoms with Gasteiger partial charge in [0.25, 0.3) is 5.56 Å². The van der Waals surface area contributed by atoms with Crippen molar-refractivity contribution < 1.29 is 9.90 Å². The first-order chi connectivity index (χ1) is 6.02. The fraction of sp³-hybridized carbons (Fsp3) is 0.429. The zero-order chi connectivity index (χ0) is 10.0. The molecule has 0 saturated heterocycles. The van der Waals surface area contributed by atoms with Crippen LogP contribution in [0.2, 0.25) is 0 Å². The molecule has 0 unspecified atom stereocenters. The second kappa shape index (κ2) is 3.71. The molecule has 0 radical (unpaired) electrons. The first kappa shape index (κ1) is 9.94. The highest BCUT2D eigenvalue weighted by atomic mass is 32.1. The van der Waals surface area contributed by atoms with Gasteiger partial charge < -0.3 is 10.8 Å². The van der Waals surface area contributed by atoms with E-state index in [0.717, 1.165) is 4.88 Å². The smallest absolute Gasteiger partial charge is 0.320 e. The van der Waals surface area contributed by atoms with E-state index in [0.29, 0.717) is 5.56 Å². The fourth-order valence-corrected chi connectivity index (χ4v) is 1.62. The van der Waals surface area contributed by atoms with Crippen LogP contribution < -0.4 is 11.3 Å². The maximum atomic E-state index is 11.1. The molecule has 1 rings (SSSR count). The minimum Gasteiger partial charge on any atom is -0.480 e. The molecule has 72 valence electrons. The van der Waals surface area contributed by atoms with Crippen LogP contribution in [0, 0.1) is 6.92 Å². The Morgan fingerprint density at radius 2 is 2.38 bits per heavy atom. The van der Waals surface area contributed by atoms with Crippen molar-refractivity contribution in [3.05, 3.63) is 20.8 Å². The van der Waals surface area contributed by atoms with Gasteiger partial charge in [-0.05, 0) is 6.92 Å². The van der Waals surface area contributed by atoms with Crippen LogP contribution in [0.1, 0.15) is 10.4 Å². The third-order valence-electron chi connectivity index (χ3n) is 1.74. The molecule has 0 saturated carbocycles. The van der Waals surface area contributed by atoms with Crippen molar-refractivity contribution in [3.63, 3.8) is 0 Å². The van der Waals surface area contributed by atoms with Gasteiger partial charge in [0.05, 0.1) is 0 Å². The summed E-state index contributed by atoms with van der Waals surface area (Å²) >= 11 is 1.20. The molecule has 0 fully saturated rings. The van der Waals surface area contributed by atoms with E-state index in [4.69, 9.17) is 10.8 Å². The van der Waals surface area contributed by atoms with Crippen LogP contribution >= 0.6 is 11.5 Å². The first-order valence-electron chi connectivity index (χ1n) is 3.67. The van der Waals surface area contributed by atoms with E-state index in [9.17, 15) is 9.59 Å². The molecule has 4 N–H and O–H groups in total. The van der Waals surface area contributed by atoms with Gasteiger partial charge in [-0.15, -0.1) is 0 Å². The Kier molecular flexibility index (Phi) is 2.84. The van der Waals surface area contributed by atoms with Crippen LogP contribution in [-0.2, 0) is 11.2 Å². The number of hydrogen-bond acceptors (Lipinski definition) is 4. The molecule has 0 bridgehead atoms. The Bertz CT molecular complexity index is 368. The SMILES string of the molecule is Cc1s[nH]c(=O)c1C[C@H](N)C(=O)O. The molecule has 0 aromatic carbocycles. The van der Waals surface area contributed by atoms with E-state index in [-0.39, 0.29) is 12.0 Å². The Labute approximate surface area is 78.3 Å². The number of H-pyrrole nitrogens is 1. The van der Waals surface area contributed by atoms with Gasteiger partial charge in [0.1, 0.15) is 6.04 Å². The number of carboxylic acids is 1. The van der Waals surface area contributed by atoms with Crippen molar-refractivity contribution >= 4 is 17.5 Å². The molecule has 1 aromatic rings. The summed E-state index contributed by atoms with van der Waals surface area (Å²) in [7, 11) is 0. The van der Waals surface area contributed by atoms with Crippen molar-refractivity contribution in [2.45, 2.75) is 19.4 Å². The van der Waals surface area contributed by atoms with Crippen molar-refractivity contribution in [1.82, 2.24) is 4.37 Å². The van der Waals surface area contributed by atoms with Crippen LogP contribution in [0.15, 0.2) is 4.79 Å². The molecule has 1 atom stereocenters. The predicted molar refractivity (Wildman–Crippen MR) is 49.0 cm³/mol. The summed E-state index contributed by atoms with van der Waals surface area (Å²) in [5.41, 5.74) is 5.53. The number of aryl methyl sites for hydroxylation is 1. The molecule has 0 spiro atoms. The van der Waals surface area contributed by atoms with Gasteiger partial charge in [0.2, 0.25) is 0 Å². The van der Waals surface area contributed by atoms with Gasteiger partial charge in [0, 0.05) is 16.9 Å². The number of carbonyl (C=O) groups is 1.